The molecule has 0 saturated carbocycles. The third-order valence-electron chi connectivity index (χ3n) is 3.13. The highest BCUT2D eigenvalue weighted by Gasteiger charge is 2.64. The largest absolute Gasteiger partial charge is 0.420 e. The van der Waals surface area contributed by atoms with Crippen LogP contribution in [-0.4, -0.2) is 40.1 Å². The molecule has 10 heteroatoms. The van der Waals surface area contributed by atoms with Crippen LogP contribution in [0.3, 0.4) is 0 Å². The van der Waals surface area contributed by atoms with E-state index in [-0.39, 0.29) is 18.8 Å². The molecule has 1 aliphatic heterocycles. The first-order valence-corrected chi connectivity index (χ1v) is 7.30. The summed E-state index contributed by atoms with van der Waals surface area (Å²) in [6.45, 7) is 0.494. The summed E-state index contributed by atoms with van der Waals surface area (Å²) in [5.41, 5.74) is -2.22. The van der Waals surface area contributed by atoms with Crippen LogP contribution in [0.1, 0.15) is 17.6 Å². The Kier molecular flexibility index (Phi) is 4.16. The normalized spacial score (nSPS) is 22.8. The van der Waals surface area contributed by atoms with Gasteiger partial charge in [-0.1, -0.05) is 0 Å². The fraction of sp³-hybridized carbons (Fsp3) is 0.545. The van der Waals surface area contributed by atoms with E-state index in [0.717, 1.165) is 0 Å². The lowest BCUT2D eigenvalue weighted by atomic mass is 10.0. The van der Waals surface area contributed by atoms with E-state index < -0.39 is 23.7 Å². The summed E-state index contributed by atoms with van der Waals surface area (Å²) in [5, 5.41) is 4.02. The van der Waals surface area contributed by atoms with Gasteiger partial charge in [-0.2, -0.15) is 13.2 Å². The Morgan fingerprint density at radius 1 is 1.48 bits per heavy atom. The number of carbonyl (C=O) groups is 2. The zero-order valence-corrected chi connectivity index (χ0v) is 12.4. The highest BCUT2D eigenvalue weighted by molar-refractivity contribution is 7.09. The average Bonchev–Trinajstić information content (AvgIpc) is 2.92. The van der Waals surface area contributed by atoms with Crippen LogP contribution < -0.4 is 5.32 Å². The van der Waals surface area contributed by atoms with Crippen LogP contribution in [0.25, 0.3) is 0 Å². The maximum atomic E-state index is 12.9. The number of urea groups is 1. The van der Waals surface area contributed by atoms with Crippen LogP contribution in [0.2, 0.25) is 0 Å². The Labute approximate surface area is 127 Å². The second-order valence-electron chi connectivity index (χ2n) is 4.63. The summed E-state index contributed by atoms with van der Waals surface area (Å²) in [4.78, 5) is 28.1. The molecule has 0 radical (unpaired) electrons. The number of nitrogens with zero attached hydrogens (tertiary/aromatic N) is 2. The number of thiazole rings is 1. The van der Waals surface area contributed by atoms with E-state index in [4.69, 9.17) is 11.6 Å². The second kappa shape index (κ2) is 5.45. The SMILES string of the molecule is CC1(C(F)(F)F)NC(=O)N(CCc2nc(CCl)cs2)C1=O. The van der Waals surface area contributed by atoms with Gasteiger partial charge in [-0.25, -0.2) is 9.78 Å². The molecule has 1 aliphatic rings. The maximum absolute atomic E-state index is 12.9. The molecule has 116 valence electrons. The van der Waals surface area contributed by atoms with Crippen LogP contribution in [0.15, 0.2) is 5.38 Å². The minimum absolute atomic E-state index is 0.161. The summed E-state index contributed by atoms with van der Waals surface area (Å²) < 4.78 is 38.6. The van der Waals surface area contributed by atoms with E-state index in [9.17, 15) is 22.8 Å². The Balaban J connectivity index is 2.07. The number of imide groups is 1. The van der Waals surface area contributed by atoms with Gasteiger partial charge in [-0.3, -0.25) is 9.69 Å². The van der Waals surface area contributed by atoms with E-state index >= 15 is 0 Å². The summed E-state index contributed by atoms with van der Waals surface area (Å²) >= 11 is 6.87. The molecule has 3 amide bonds. The molecule has 1 aromatic rings. The van der Waals surface area contributed by atoms with Gasteiger partial charge in [0.1, 0.15) is 0 Å². The first-order chi connectivity index (χ1) is 9.69. The molecule has 1 saturated heterocycles. The Hall–Kier alpha value is -1.35. The van der Waals surface area contributed by atoms with Crippen molar-refractivity contribution < 1.29 is 22.8 Å². The van der Waals surface area contributed by atoms with Crippen LogP contribution in [0, 0.1) is 0 Å². The van der Waals surface area contributed by atoms with Crippen LogP contribution in [-0.2, 0) is 17.1 Å². The molecule has 0 bridgehead atoms. The molecule has 2 rings (SSSR count). The van der Waals surface area contributed by atoms with Gasteiger partial charge in [0.05, 0.1) is 16.6 Å². The second-order valence-corrected chi connectivity index (χ2v) is 5.84. The molecule has 1 atom stereocenters. The third-order valence-corrected chi connectivity index (χ3v) is 4.36. The summed E-state index contributed by atoms with van der Waals surface area (Å²) in [5.74, 6) is -1.07. The van der Waals surface area contributed by atoms with Gasteiger partial charge in [0.25, 0.3) is 5.91 Å². The number of alkyl halides is 4. The Morgan fingerprint density at radius 2 is 2.14 bits per heavy atom. The fourth-order valence-electron chi connectivity index (χ4n) is 1.82. The van der Waals surface area contributed by atoms with Crippen LogP contribution >= 0.6 is 22.9 Å². The molecule has 0 spiro atoms. The molecular weight excluding hydrogens is 331 g/mol. The quantitative estimate of drug-likeness (QED) is 0.675. The minimum atomic E-state index is -4.85. The predicted molar refractivity (Wildman–Crippen MR) is 70.1 cm³/mol. The van der Waals surface area contributed by atoms with E-state index in [1.54, 1.807) is 10.7 Å². The number of carbonyl (C=O) groups excluding carboxylic acids is 2. The van der Waals surface area contributed by atoms with Crippen molar-refractivity contribution in [2.24, 2.45) is 0 Å². The van der Waals surface area contributed by atoms with E-state index in [2.05, 4.69) is 4.98 Å². The fourth-order valence-corrected chi connectivity index (χ4v) is 2.84. The first kappa shape index (κ1) is 16.0. The van der Waals surface area contributed by atoms with Crippen molar-refractivity contribution in [2.45, 2.75) is 30.9 Å². The number of halogens is 4. The number of hydrogen-bond acceptors (Lipinski definition) is 4. The zero-order valence-electron chi connectivity index (χ0n) is 10.8. The summed E-state index contributed by atoms with van der Waals surface area (Å²) in [7, 11) is 0. The third kappa shape index (κ3) is 2.84. The highest BCUT2D eigenvalue weighted by Crippen LogP contribution is 2.35. The lowest BCUT2D eigenvalue weighted by Gasteiger charge is -2.24. The van der Waals surface area contributed by atoms with Crippen molar-refractivity contribution in [1.82, 2.24) is 15.2 Å². The molecule has 0 aromatic carbocycles. The number of aromatic nitrogens is 1. The number of hydrogen-bond donors (Lipinski definition) is 1. The zero-order chi connectivity index (χ0) is 15.8. The minimum Gasteiger partial charge on any atom is -0.316 e. The van der Waals surface area contributed by atoms with Gasteiger partial charge in [-0.05, 0) is 6.92 Å². The molecule has 0 aliphatic carbocycles. The topological polar surface area (TPSA) is 62.3 Å². The summed E-state index contributed by atoms with van der Waals surface area (Å²) in [6, 6.07) is -1.05. The first-order valence-electron chi connectivity index (χ1n) is 5.89. The summed E-state index contributed by atoms with van der Waals surface area (Å²) in [6.07, 6.45) is -4.66. The van der Waals surface area contributed by atoms with Crippen molar-refractivity contribution in [1.29, 1.82) is 0 Å². The van der Waals surface area contributed by atoms with Gasteiger partial charge >= 0.3 is 12.2 Å². The molecule has 5 nitrogen and oxygen atoms in total. The van der Waals surface area contributed by atoms with Crippen molar-refractivity contribution in [3.63, 3.8) is 0 Å². The van der Waals surface area contributed by atoms with Crippen molar-refractivity contribution in [2.75, 3.05) is 6.54 Å². The Bertz CT molecular complexity index is 577. The van der Waals surface area contributed by atoms with Crippen LogP contribution in [0.4, 0.5) is 18.0 Å². The standard InChI is InChI=1S/C11H11ClF3N3O2S/c1-10(11(13,14)15)8(19)18(9(20)17-10)3-2-7-16-6(4-12)5-21-7/h5H,2-4H2,1H3,(H,17,20). The van der Waals surface area contributed by atoms with Crippen molar-refractivity contribution >= 4 is 34.9 Å². The van der Waals surface area contributed by atoms with Gasteiger partial charge in [0.15, 0.2) is 0 Å². The van der Waals surface area contributed by atoms with E-state index in [1.807, 2.05) is 0 Å². The predicted octanol–water partition coefficient (Wildman–Crippen LogP) is 2.30. The number of nitrogens with one attached hydrogen (secondary N) is 1. The molecule has 1 fully saturated rings. The lowest BCUT2D eigenvalue weighted by Crippen LogP contribution is -2.56. The lowest BCUT2D eigenvalue weighted by molar-refractivity contribution is -0.191. The maximum Gasteiger partial charge on any atom is 0.420 e. The number of amides is 3. The molecule has 1 aromatic heterocycles. The average molecular weight is 342 g/mol. The van der Waals surface area contributed by atoms with Crippen molar-refractivity contribution in [3.8, 4) is 0 Å². The smallest absolute Gasteiger partial charge is 0.316 e. The monoisotopic (exact) mass is 341 g/mol. The molecular formula is C11H11ClF3N3O2S. The van der Waals surface area contributed by atoms with E-state index in [1.165, 1.54) is 11.3 Å². The van der Waals surface area contributed by atoms with Gasteiger partial charge in [0, 0.05) is 18.3 Å². The van der Waals surface area contributed by atoms with Gasteiger partial charge in [-0.15, -0.1) is 22.9 Å². The molecule has 21 heavy (non-hydrogen) atoms. The number of rotatable bonds is 4. The Morgan fingerprint density at radius 3 is 2.62 bits per heavy atom. The highest BCUT2D eigenvalue weighted by atomic mass is 35.5. The van der Waals surface area contributed by atoms with Crippen molar-refractivity contribution in [3.05, 3.63) is 16.1 Å². The van der Waals surface area contributed by atoms with Gasteiger partial charge in [0.2, 0.25) is 5.54 Å². The van der Waals surface area contributed by atoms with E-state index in [0.29, 0.717) is 22.5 Å². The molecule has 2 heterocycles. The van der Waals surface area contributed by atoms with Gasteiger partial charge < -0.3 is 5.32 Å². The molecule has 1 unspecified atom stereocenters. The molecule has 1 N–H and O–H groups in total. The van der Waals surface area contributed by atoms with Crippen LogP contribution in [0.5, 0.6) is 0 Å².